The molecule has 1 aromatic carbocycles. The molecular weight excluding hydrogens is 232 g/mol. The van der Waals surface area contributed by atoms with E-state index >= 15 is 0 Å². The van der Waals surface area contributed by atoms with Gasteiger partial charge in [-0.15, -0.1) is 0 Å². The van der Waals surface area contributed by atoms with Gasteiger partial charge in [0.05, 0.1) is 0 Å². The third-order valence-corrected chi connectivity index (χ3v) is 3.92. The molecule has 0 aromatic heterocycles. The molecule has 19 heavy (non-hydrogen) atoms. The fourth-order valence-corrected chi connectivity index (χ4v) is 2.23. The van der Waals surface area contributed by atoms with E-state index in [2.05, 4.69) is 70.4 Å². The van der Waals surface area contributed by atoms with Crippen molar-refractivity contribution >= 4 is 0 Å². The normalized spacial score (nSPS) is 12.8. The molecular formula is C17H30N2. The minimum atomic E-state index is 0.117. The zero-order chi connectivity index (χ0) is 14.7. The number of aryl methyl sites for hydroxylation is 2. The molecule has 0 saturated carbocycles. The van der Waals surface area contributed by atoms with E-state index in [-0.39, 0.29) is 11.0 Å². The van der Waals surface area contributed by atoms with E-state index in [1.165, 1.54) is 16.7 Å². The van der Waals surface area contributed by atoms with Crippen LogP contribution in [0.5, 0.6) is 0 Å². The largest absolute Gasteiger partial charge is 0.318 e. The molecule has 1 aromatic rings. The Bertz CT molecular complexity index is 419. The first-order valence-corrected chi connectivity index (χ1v) is 7.15. The van der Waals surface area contributed by atoms with Gasteiger partial charge in [-0.2, -0.15) is 0 Å². The average molecular weight is 262 g/mol. The number of hydrogen-bond acceptors (Lipinski definition) is 2. The molecule has 0 aliphatic rings. The molecule has 0 spiro atoms. The van der Waals surface area contributed by atoms with Gasteiger partial charge in [-0.05, 0) is 51.4 Å². The van der Waals surface area contributed by atoms with E-state index in [1.54, 1.807) is 0 Å². The summed E-state index contributed by atoms with van der Waals surface area (Å²) < 4.78 is 0. The zero-order valence-electron chi connectivity index (χ0n) is 13.6. The van der Waals surface area contributed by atoms with Crippen LogP contribution >= 0.6 is 0 Å². The highest BCUT2D eigenvalue weighted by Gasteiger charge is 2.25. The highest BCUT2D eigenvalue weighted by atomic mass is 15.0. The summed E-state index contributed by atoms with van der Waals surface area (Å²) in [6.45, 7) is 15.4. The standard InChI is InChI=1S/C17H30N2/c1-13-8-9-15(10-14(13)2)16(3,4)11-19-17(5,6)12-18-7/h8-10,18-19H,11-12H2,1-7H3. The predicted molar refractivity (Wildman–Crippen MR) is 85.0 cm³/mol. The Morgan fingerprint density at radius 1 is 0.947 bits per heavy atom. The van der Waals surface area contributed by atoms with Crippen LogP contribution in [0.1, 0.15) is 44.4 Å². The molecule has 0 atom stereocenters. The molecule has 0 aliphatic carbocycles. The molecule has 0 bridgehead atoms. The SMILES string of the molecule is CNCC(C)(C)NCC(C)(C)c1ccc(C)c(C)c1. The maximum Gasteiger partial charge on any atom is 0.0249 e. The number of rotatable bonds is 6. The molecule has 1 rings (SSSR count). The summed E-state index contributed by atoms with van der Waals surface area (Å²) >= 11 is 0. The van der Waals surface area contributed by atoms with Crippen LogP contribution in [0.15, 0.2) is 18.2 Å². The summed E-state index contributed by atoms with van der Waals surface area (Å²) in [5, 5.41) is 6.91. The Kier molecular flexibility index (Phi) is 5.17. The van der Waals surface area contributed by atoms with Crippen molar-refractivity contribution in [3.8, 4) is 0 Å². The summed E-state index contributed by atoms with van der Waals surface area (Å²) in [6.07, 6.45) is 0. The quantitative estimate of drug-likeness (QED) is 0.823. The van der Waals surface area contributed by atoms with Crippen molar-refractivity contribution in [3.63, 3.8) is 0 Å². The van der Waals surface area contributed by atoms with Crippen molar-refractivity contribution in [1.29, 1.82) is 0 Å². The van der Waals surface area contributed by atoms with Gasteiger partial charge >= 0.3 is 0 Å². The van der Waals surface area contributed by atoms with Gasteiger partial charge in [-0.1, -0.05) is 32.0 Å². The van der Waals surface area contributed by atoms with E-state index in [1.807, 2.05) is 7.05 Å². The van der Waals surface area contributed by atoms with E-state index < -0.39 is 0 Å². The minimum Gasteiger partial charge on any atom is -0.318 e. The van der Waals surface area contributed by atoms with E-state index in [9.17, 15) is 0 Å². The van der Waals surface area contributed by atoms with Gasteiger partial charge in [0, 0.05) is 24.0 Å². The monoisotopic (exact) mass is 262 g/mol. The summed E-state index contributed by atoms with van der Waals surface area (Å²) in [5.41, 5.74) is 4.40. The Morgan fingerprint density at radius 2 is 1.58 bits per heavy atom. The van der Waals surface area contributed by atoms with Gasteiger partial charge in [-0.25, -0.2) is 0 Å². The Balaban J connectivity index is 2.77. The third-order valence-electron chi connectivity index (χ3n) is 3.92. The van der Waals surface area contributed by atoms with Gasteiger partial charge in [0.25, 0.3) is 0 Å². The van der Waals surface area contributed by atoms with Crippen molar-refractivity contribution in [2.45, 2.75) is 52.5 Å². The maximum absolute atomic E-state index is 3.67. The van der Waals surface area contributed by atoms with Gasteiger partial charge in [0.1, 0.15) is 0 Å². The lowest BCUT2D eigenvalue weighted by Crippen LogP contribution is -2.50. The fraction of sp³-hybridized carbons (Fsp3) is 0.647. The summed E-state index contributed by atoms with van der Waals surface area (Å²) in [6, 6.07) is 6.81. The van der Waals surface area contributed by atoms with E-state index in [0.29, 0.717) is 0 Å². The molecule has 0 saturated heterocycles. The fourth-order valence-electron chi connectivity index (χ4n) is 2.23. The topological polar surface area (TPSA) is 24.1 Å². The van der Waals surface area contributed by atoms with Crippen LogP contribution in [0, 0.1) is 13.8 Å². The average Bonchev–Trinajstić information content (AvgIpc) is 2.30. The highest BCUT2D eigenvalue weighted by molar-refractivity contribution is 5.34. The first-order valence-electron chi connectivity index (χ1n) is 7.15. The molecule has 0 aliphatic heterocycles. The highest BCUT2D eigenvalue weighted by Crippen LogP contribution is 2.25. The van der Waals surface area contributed by atoms with Crippen LogP contribution in [0.3, 0.4) is 0 Å². The molecule has 2 heteroatoms. The lowest BCUT2D eigenvalue weighted by molar-refractivity contribution is 0.332. The summed E-state index contributed by atoms with van der Waals surface area (Å²) in [5.74, 6) is 0. The first kappa shape index (κ1) is 16.2. The van der Waals surface area contributed by atoms with Gasteiger partial charge in [0.15, 0.2) is 0 Å². The number of hydrogen-bond donors (Lipinski definition) is 2. The smallest absolute Gasteiger partial charge is 0.0249 e. The molecule has 0 radical (unpaired) electrons. The van der Waals surface area contributed by atoms with Crippen LogP contribution < -0.4 is 10.6 Å². The number of nitrogens with one attached hydrogen (secondary N) is 2. The Labute approximate surface area is 119 Å². The van der Waals surface area contributed by atoms with Crippen molar-refractivity contribution in [3.05, 3.63) is 34.9 Å². The Morgan fingerprint density at radius 3 is 2.11 bits per heavy atom. The first-order chi connectivity index (χ1) is 8.68. The van der Waals surface area contributed by atoms with Crippen LogP contribution in [0.2, 0.25) is 0 Å². The van der Waals surface area contributed by atoms with Crippen molar-refractivity contribution < 1.29 is 0 Å². The summed E-state index contributed by atoms with van der Waals surface area (Å²) in [4.78, 5) is 0. The molecule has 0 fully saturated rings. The third kappa shape index (κ3) is 4.63. The maximum atomic E-state index is 3.67. The van der Waals surface area contributed by atoms with Gasteiger partial charge in [-0.3, -0.25) is 0 Å². The second kappa shape index (κ2) is 6.06. The lowest BCUT2D eigenvalue weighted by Gasteiger charge is -2.33. The molecule has 108 valence electrons. The van der Waals surface area contributed by atoms with E-state index in [0.717, 1.165) is 13.1 Å². The van der Waals surface area contributed by atoms with Crippen LogP contribution in [0.25, 0.3) is 0 Å². The lowest BCUT2D eigenvalue weighted by atomic mass is 9.82. The minimum absolute atomic E-state index is 0.117. The second-order valence-corrected chi connectivity index (χ2v) is 6.95. The second-order valence-electron chi connectivity index (χ2n) is 6.95. The molecule has 0 unspecified atom stereocenters. The Hall–Kier alpha value is -0.860. The van der Waals surface area contributed by atoms with Crippen LogP contribution in [-0.4, -0.2) is 25.7 Å². The van der Waals surface area contributed by atoms with Crippen LogP contribution in [0.4, 0.5) is 0 Å². The van der Waals surface area contributed by atoms with Crippen molar-refractivity contribution in [2.75, 3.05) is 20.1 Å². The van der Waals surface area contributed by atoms with E-state index in [4.69, 9.17) is 0 Å². The zero-order valence-corrected chi connectivity index (χ0v) is 13.6. The molecule has 0 heterocycles. The van der Waals surface area contributed by atoms with Crippen LogP contribution in [-0.2, 0) is 5.41 Å². The molecule has 0 amide bonds. The van der Waals surface area contributed by atoms with Gasteiger partial charge < -0.3 is 10.6 Å². The molecule has 2 nitrogen and oxygen atoms in total. The van der Waals surface area contributed by atoms with Crippen molar-refractivity contribution in [2.24, 2.45) is 0 Å². The summed E-state index contributed by atoms with van der Waals surface area (Å²) in [7, 11) is 2.00. The molecule has 2 N–H and O–H groups in total. The number of benzene rings is 1. The van der Waals surface area contributed by atoms with Crippen molar-refractivity contribution in [1.82, 2.24) is 10.6 Å². The number of likely N-dealkylation sites (N-methyl/N-ethyl adjacent to an activating group) is 1. The predicted octanol–water partition coefficient (Wildman–Crippen LogP) is 3.17. The van der Waals surface area contributed by atoms with Gasteiger partial charge in [0.2, 0.25) is 0 Å².